The van der Waals surface area contributed by atoms with Gasteiger partial charge in [-0.15, -0.1) is 0 Å². The molecule has 4 heteroatoms. The minimum absolute atomic E-state index is 0.0805. The molecule has 25 heavy (non-hydrogen) atoms. The predicted octanol–water partition coefficient (Wildman–Crippen LogP) is 5.25. The van der Waals surface area contributed by atoms with Crippen LogP contribution in [-0.4, -0.2) is 23.1 Å². The van der Waals surface area contributed by atoms with E-state index in [1.807, 2.05) is 0 Å². The highest BCUT2D eigenvalue weighted by atomic mass is 16.1. The molecule has 0 saturated heterocycles. The first kappa shape index (κ1) is 21.7. The molecule has 0 aliphatic heterocycles. The number of nitrogens with zero attached hydrogens (tertiary/aromatic N) is 2. The van der Waals surface area contributed by atoms with Gasteiger partial charge in [0.05, 0.1) is 5.69 Å². The minimum atomic E-state index is 0.0805. The normalized spacial score (nSPS) is 11.0. The third-order valence-electron chi connectivity index (χ3n) is 4.95. The van der Waals surface area contributed by atoms with Crippen molar-refractivity contribution in [2.75, 3.05) is 18.0 Å². The molecule has 0 bridgehead atoms. The van der Waals surface area contributed by atoms with E-state index in [4.69, 9.17) is 4.98 Å². The molecule has 0 saturated carbocycles. The topological polar surface area (TPSA) is 49.0 Å². The van der Waals surface area contributed by atoms with Crippen molar-refractivity contribution in [3.05, 3.63) is 21.6 Å². The van der Waals surface area contributed by atoms with Crippen molar-refractivity contribution in [1.29, 1.82) is 0 Å². The van der Waals surface area contributed by atoms with E-state index in [2.05, 4.69) is 37.6 Å². The van der Waals surface area contributed by atoms with Crippen molar-refractivity contribution >= 4 is 5.95 Å². The molecule has 0 spiro atoms. The zero-order valence-corrected chi connectivity index (χ0v) is 17.0. The van der Waals surface area contributed by atoms with Crippen LogP contribution in [0.1, 0.15) is 96.7 Å². The zero-order valence-electron chi connectivity index (χ0n) is 17.0. The summed E-state index contributed by atoms with van der Waals surface area (Å²) in [6.07, 6.45) is 12.8. The van der Waals surface area contributed by atoms with Crippen molar-refractivity contribution in [2.45, 2.75) is 98.3 Å². The van der Waals surface area contributed by atoms with Crippen LogP contribution in [0.15, 0.2) is 4.79 Å². The summed E-state index contributed by atoms with van der Waals surface area (Å²) in [6.45, 7) is 10.4. The first-order valence-corrected chi connectivity index (χ1v) is 10.5. The Kier molecular flexibility index (Phi) is 11.3. The lowest BCUT2D eigenvalue weighted by atomic mass is 10.0. The lowest BCUT2D eigenvalue weighted by Gasteiger charge is -2.20. The number of aryl methyl sites for hydroxylation is 1. The maximum absolute atomic E-state index is 12.7. The number of H-pyrrole nitrogens is 1. The second-order valence-corrected chi connectivity index (χ2v) is 6.96. The number of hydrogen-bond donors (Lipinski definition) is 1. The second-order valence-electron chi connectivity index (χ2n) is 6.96. The molecule has 0 fully saturated rings. The molecule has 1 aromatic heterocycles. The average molecular weight is 350 g/mol. The van der Waals surface area contributed by atoms with Gasteiger partial charge in [0.2, 0.25) is 5.95 Å². The first-order valence-electron chi connectivity index (χ1n) is 10.5. The fraction of sp³-hybridized carbons (Fsp3) is 0.810. The fourth-order valence-corrected chi connectivity index (χ4v) is 3.29. The number of aromatic amines is 1. The van der Waals surface area contributed by atoms with Crippen LogP contribution in [0.5, 0.6) is 0 Å². The van der Waals surface area contributed by atoms with Crippen molar-refractivity contribution < 1.29 is 0 Å². The lowest BCUT2D eigenvalue weighted by molar-refractivity contribution is 0.618. The smallest absolute Gasteiger partial charge is 0.255 e. The van der Waals surface area contributed by atoms with Gasteiger partial charge in [0.1, 0.15) is 0 Å². The quantitative estimate of drug-likeness (QED) is 0.467. The van der Waals surface area contributed by atoms with Crippen molar-refractivity contribution in [2.24, 2.45) is 0 Å². The second kappa shape index (κ2) is 13.0. The van der Waals surface area contributed by atoms with Gasteiger partial charge in [-0.2, -0.15) is 0 Å². The van der Waals surface area contributed by atoms with Crippen molar-refractivity contribution in [1.82, 2.24) is 9.97 Å². The van der Waals surface area contributed by atoms with Crippen LogP contribution >= 0.6 is 0 Å². The Morgan fingerprint density at radius 2 is 1.36 bits per heavy atom. The Balaban J connectivity index is 2.88. The van der Waals surface area contributed by atoms with Gasteiger partial charge in [0.25, 0.3) is 5.56 Å². The summed E-state index contributed by atoms with van der Waals surface area (Å²) in [5, 5.41) is 0. The van der Waals surface area contributed by atoms with Crippen molar-refractivity contribution in [3.63, 3.8) is 0 Å². The monoisotopic (exact) mass is 349 g/mol. The number of aromatic nitrogens is 2. The van der Waals surface area contributed by atoms with E-state index in [0.717, 1.165) is 56.0 Å². The summed E-state index contributed by atoms with van der Waals surface area (Å²) in [6, 6.07) is 0. The van der Waals surface area contributed by atoms with E-state index < -0.39 is 0 Å². The first-order chi connectivity index (χ1) is 12.2. The highest BCUT2D eigenvalue weighted by Crippen LogP contribution is 2.15. The van der Waals surface area contributed by atoms with E-state index in [1.54, 1.807) is 0 Å². The number of hydrogen-bond acceptors (Lipinski definition) is 3. The Morgan fingerprint density at radius 3 is 1.96 bits per heavy atom. The van der Waals surface area contributed by atoms with E-state index in [9.17, 15) is 4.79 Å². The van der Waals surface area contributed by atoms with E-state index >= 15 is 0 Å². The van der Waals surface area contributed by atoms with E-state index in [0.29, 0.717) is 0 Å². The largest absolute Gasteiger partial charge is 0.343 e. The number of nitrogens with one attached hydrogen (secondary N) is 1. The molecule has 1 heterocycles. The molecular weight excluding hydrogens is 310 g/mol. The predicted molar refractivity (Wildman–Crippen MR) is 109 cm³/mol. The molecule has 0 radical (unpaired) electrons. The highest BCUT2D eigenvalue weighted by molar-refractivity contribution is 5.33. The van der Waals surface area contributed by atoms with Gasteiger partial charge in [0, 0.05) is 18.7 Å². The van der Waals surface area contributed by atoms with Crippen LogP contribution in [0.3, 0.4) is 0 Å². The van der Waals surface area contributed by atoms with Gasteiger partial charge in [-0.25, -0.2) is 4.98 Å². The third kappa shape index (κ3) is 7.62. The number of rotatable bonds is 14. The summed E-state index contributed by atoms with van der Waals surface area (Å²) >= 11 is 0. The molecule has 0 atom stereocenters. The molecule has 1 rings (SSSR count). The molecule has 1 N–H and O–H groups in total. The molecule has 4 nitrogen and oxygen atoms in total. The van der Waals surface area contributed by atoms with E-state index in [1.165, 1.54) is 44.9 Å². The summed E-state index contributed by atoms with van der Waals surface area (Å²) in [5.74, 6) is 0.746. The van der Waals surface area contributed by atoms with Gasteiger partial charge in [-0.05, 0) is 39.5 Å². The molecule has 0 unspecified atom stereocenters. The number of anilines is 1. The highest BCUT2D eigenvalue weighted by Gasteiger charge is 2.14. The summed E-state index contributed by atoms with van der Waals surface area (Å²) in [5.41, 5.74) is 2.05. The maximum atomic E-state index is 12.7. The van der Waals surface area contributed by atoms with Gasteiger partial charge in [-0.1, -0.05) is 58.8 Å². The molecule has 1 aromatic rings. The Hall–Kier alpha value is -1.32. The zero-order chi connectivity index (χ0) is 18.5. The lowest BCUT2D eigenvalue weighted by Crippen LogP contribution is -2.29. The Labute approximate surface area is 154 Å². The average Bonchev–Trinajstić information content (AvgIpc) is 2.61. The third-order valence-corrected chi connectivity index (χ3v) is 4.95. The number of unbranched alkanes of at least 4 members (excludes halogenated alkanes) is 7. The van der Waals surface area contributed by atoms with Gasteiger partial charge < -0.3 is 4.90 Å². The van der Waals surface area contributed by atoms with Crippen LogP contribution < -0.4 is 10.5 Å². The fourth-order valence-electron chi connectivity index (χ4n) is 3.29. The summed E-state index contributed by atoms with van der Waals surface area (Å²) in [7, 11) is 0. The van der Waals surface area contributed by atoms with Crippen LogP contribution in [0.25, 0.3) is 0 Å². The molecule has 144 valence electrons. The minimum Gasteiger partial charge on any atom is -0.343 e. The summed E-state index contributed by atoms with van der Waals surface area (Å²) < 4.78 is 0. The van der Waals surface area contributed by atoms with Crippen LogP contribution in [0, 0.1) is 0 Å². The molecular formula is C21H39N3O. The standard InChI is InChI=1S/C21H39N3O/c1-5-9-11-13-15-17-19-18(16-14-12-10-6-2)20(25)23-21(22-19)24(7-3)8-4/h5-17H2,1-4H3,(H,22,23,25). The molecule has 0 aliphatic carbocycles. The van der Waals surface area contributed by atoms with Crippen LogP contribution in [-0.2, 0) is 12.8 Å². The Morgan fingerprint density at radius 1 is 0.800 bits per heavy atom. The van der Waals surface area contributed by atoms with Crippen LogP contribution in [0.2, 0.25) is 0 Å². The van der Waals surface area contributed by atoms with Crippen LogP contribution in [0.4, 0.5) is 5.95 Å². The maximum Gasteiger partial charge on any atom is 0.255 e. The van der Waals surface area contributed by atoms with Gasteiger partial charge in [-0.3, -0.25) is 9.78 Å². The Bertz CT molecular complexity index is 520. The van der Waals surface area contributed by atoms with Gasteiger partial charge >= 0.3 is 0 Å². The molecule has 0 aromatic carbocycles. The molecule has 0 amide bonds. The van der Waals surface area contributed by atoms with E-state index in [-0.39, 0.29) is 5.56 Å². The van der Waals surface area contributed by atoms with Gasteiger partial charge in [0.15, 0.2) is 0 Å². The SMILES string of the molecule is CCCCCCCc1nc(N(CC)CC)[nH]c(=O)c1CCCCCC. The molecule has 0 aliphatic rings. The van der Waals surface area contributed by atoms with Crippen molar-refractivity contribution in [3.8, 4) is 0 Å². The summed E-state index contributed by atoms with van der Waals surface area (Å²) in [4.78, 5) is 22.7.